The van der Waals surface area contributed by atoms with E-state index in [1.54, 1.807) is 6.92 Å². The van der Waals surface area contributed by atoms with Crippen LogP contribution in [0.25, 0.3) is 11.1 Å². The standard InChI is InChI=1S/C17H21NO/c1-13(19)11-17(18)12-14-7-9-16(10-8-14)15-5-3-2-4-6-15/h2-10,13,17,19H,11-12,18H2,1H3/t13-,17+/m1/s1. The van der Waals surface area contributed by atoms with Crippen LogP contribution in [0.4, 0.5) is 0 Å². The second kappa shape index (κ2) is 6.50. The van der Waals surface area contributed by atoms with Crippen molar-refractivity contribution in [3.8, 4) is 11.1 Å². The van der Waals surface area contributed by atoms with Crippen LogP contribution in [0, 0.1) is 0 Å². The lowest BCUT2D eigenvalue weighted by atomic mass is 9.99. The molecule has 2 aromatic carbocycles. The summed E-state index contributed by atoms with van der Waals surface area (Å²) < 4.78 is 0. The van der Waals surface area contributed by atoms with Crippen LogP contribution in [0.2, 0.25) is 0 Å². The van der Waals surface area contributed by atoms with Gasteiger partial charge in [0, 0.05) is 6.04 Å². The average molecular weight is 255 g/mol. The molecule has 0 aliphatic heterocycles. The van der Waals surface area contributed by atoms with Crippen molar-refractivity contribution in [2.75, 3.05) is 0 Å². The maximum Gasteiger partial charge on any atom is 0.0527 e. The van der Waals surface area contributed by atoms with E-state index in [1.165, 1.54) is 16.7 Å². The monoisotopic (exact) mass is 255 g/mol. The van der Waals surface area contributed by atoms with Gasteiger partial charge in [-0.3, -0.25) is 0 Å². The number of hydrogen-bond acceptors (Lipinski definition) is 2. The Hall–Kier alpha value is -1.64. The minimum absolute atomic E-state index is 0.0163. The Morgan fingerprint density at radius 2 is 1.53 bits per heavy atom. The van der Waals surface area contributed by atoms with E-state index in [0.29, 0.717) is 6.42 Å². The fourth-order valence-electron chi connectivity index (χ4n) is 2.29. The average Bonchev–Trinajstić information content (AvgIpc) is 2.39. The molecule has 0 bridgehead atoms. The van der Waals surface area contributed by atoms with Crippen molar-refractivity contribution < 1.29 is 5.11 Å². The highest BCUT2D eigenvalue weighted by Crippen LogP contribution is 2.19. The predicted molar refractivity (Wildman–Crippen MR) is 79.9 cm³/mol. The van der Waals surface area contributed by atoms with Crippen molar-refractivity contribution in [1.82, 2.24) is 0 Å². The summed E-state index contributed by atoms with van der Waals surface area (Å²) in [6.45, 7) is 1.78. The fraction of sp³-hybridized carbons (Fsp3) is 0.294. The van der Waals surface area contributed by atoms with E-state index in [-0.39, 0.29) is 12.1 Å². The third kappa shape index (κ3) is 4.19. The molecule has 0 aliphatic rings. The van der Waals surface area contributed by atoms with Gasteiger partial charge in [0.15, 0.2) is 0 Å². The summed E-state index contributed by atoms with van der Waals surface area (Å²) in [7, 11) is 0. The minimum Gasteiger partial charge on any atom is -0.393 e. The highest BCUT2D eigenvalue weighted by atomic mass is 16.3. The lowest BCUT2D eigenvalue weighted by Crippen LogP contribution is -2.27. The molecule has 2 aromatic rings. The molecule has 0 saturated carbocycles. The van der Waals surface area contributed by atoms with E-state index >= 15 is 0 Å². The van der Waals surface area contributed by atoms with E-state index in [2.05, 4.69) is 36.4 Å². The Balaban J connectivity index is 2.03. The number of nitrogens with two attached hydrogens (primary N) is 1. The third-order valence-electron chi connectivity index (χ3n) is 3.20. The number of benzene rings is 2. The lowest BCUT2D eigenvalue weighted by Gasteiger charge is -2.13. The smallest absolute Gasteiger partial charge is 0.0527 e. The Bertz CT molecular complexity index is 490. The van der Waals surface area contributed by atoms with Crippen LogP contribution in [0.5, 0.6) is 0 Å². The van der Waals surface area contributed by atoms with E-state index in [1.807, 2.05) is 18.2 Å². The normalized spacial score (nSPS) is 14.1. The summed E-state index contributed by atoms with van der Waals surface area (Å²) in [5.41, 5.74) is 9.65. The van der Waals surface area contributed by atoms with Gasteiger partial charge in [0.1, 0.15) is 0 Å². The van der Waals surface area contributed by atoms with Crippen molar-refractivity contribution in [2.45, 2.75) is 31.9 Å². The molecule has 2 atom stereocenters. The van der Waals surface area contributed by atoms with Crippen LogP contribution < -0.4 is 5.73 Å². The van der Waals surface area contributed by atoms with Gasteiger partial charge in [-0.15, -0.1) is 0 Å². The summed E-state index contributed by atoms with van der Waals surface area (Å²) in [5, 5.41) is 9.31. The second-order valence-electron chi connectivity index (χ2n) is 5.11. The first kappa shape index (κ1) is 13.8. The number of aliphatic hydroxyl groups excluding tert-OH is 1. The first-order valence-electron chi connectivity index (χ1n) is 6.73. The maximum atomic E-state index is 9.31. The Labute approximate surface area is 114 Å². The zero-order valence-electron chi connectivity index (χ0n) is 11.3. The summed E-state index contributed by atoms with van der Waals surface area (Å²) in [4.78, 5) is 0. The zero-order valence-corrected chi connectivity index (χ0v) is 11.3. The van der Waals surface area contributed by atoms with Gasteiger partial charge in [0.2, 0.25) is 0 Å². The number of rotatable bonds is 5. The maximum absolute atomic E-state index is 9.31. The molecule has 0 aliphatic carbocycles. The molecule has 2 rings (SSSR count). The molecule has 19 heavy (non-hydrogen) atoms. The molecule has 0 aromatic heterocycles. The first-order chi connectivity index (χ1) is 9.15. The highest BCUT2D eigenvalue weighted by molar-refractivity contribution is 5.63. The molecule has 0 fully saturated rings. The summed E-state index contributed by atoms with van der Waals surface area (Å²) >= 11 is 0. The van der Waals surface area contributed by atoms with Crippen LogP contribution in [0.3, 0.4) is 0 Å². The van der Waals surface area contributed by atoms with Gasteiger partial charge in [-0.25, -0.2) is 0 Å². The van der Waals surface area contributed by atoms with Crippen LogP contribution in [0.1, 0.15) is 18.9 Å². The SMILES string of the molecule is C[C@@H](O)C[C@H](N)Cc1ccc(-c2ccccc2)cc1. The van der Waals surface area contributed by atoms with Crippen LogP contribution >= 0.6 is 0 Å². The van der Waals surface area contributed by atoms with Crippen LogP contribution in [-0.4, -0.2) is 17.3 Å². The zero-order chi connectivity index (χ0) is 13.7. The highest BCUT2D eigenvalue weighted by Gasteiger charge is 2.07. The van der Waals surface area contributed by atoms with Crippen molar-refractivity contribution in [3.63, 3.8) is 0 Å². The summed E-state index contributed by atoms with van der Waals surface area (Å²) in [5.74, 6) is 0. The van der Waals surface area contributed by atoms with Crippen molar-refractivity contribution in [1.29, 1.82) is 0 Å². The minimum atomic E-state index is -0.335. The molecule has 2 nitrogen and oxygen atoms in total. The molecule has 2 heteroatoms. The van der Waals surface area contributed by atoms with Gasteiger partial charge in [-0.1, -0.05) is 54.6 Å². The Kier molecular flexibility index (Phi) is 4.72. The molecule has 100 valence electrons. The number of hydrogen-bond donors (Lipinski definition) is 2. The molecule has 3 N–H and O–H groups in total. The van der Waals surface area contributed by atoms with E-state index in [4.69, 9.17) is 5.73 Å². The Morgan fingerprint density at radius 3 is 2.11 bits per heavy atom. The molecular weight excluding hydrogens is 234 g/mol. The van der Waals surface area contributed by atoms with E-state index in [0.717, 1.165) is 6.42 Å². The van der Waals surface area contributed by atoms with Gasteiger partial charge in [0.25, 0.3) is 0 Å². The van der Waals surface area contributed by atoms with Crippen molar-refractivity contribution in [3.05, 3.63) is 60.2 Å². The molecule has 0 heterocycles. The predicted octanol–water partition coefficient (Wildman–Crippen LogP) is 2.99. The van der Waals surface area contributed by atoms with Crippen LogP contribution in [-0.2, 0) is 6.42 Å². The fourth-order valence-corrected chi connectivity index (χ4v) is 2.29. The summed E-state index contributed by atoms with van der Waals surface area (Å²) in [6, 6.07) is 18.8. The topological polar surface area (TPSA) is 46.2 Å². The Morgan fingerprint density at radius 1 is 0.947 bits per heavy atom. The van der Waals surface area contributed by atoms with Crippen molar-refractivity contribution >= 4 is 0 Å². The third-order valence-corrected chi connectivity index (χ3v) is 3.20. The van der Waals surface area contributed by atoms with Crippen LogP contribution in [0.15, 0.2) is 54.6 Å². The van der Waals surface area contributed by atoms with Crippen molar-refractivity contribution in [2.24, 2.45) is 5.73 Å². The van der Waals surface area contributed by atoms with Gasteiger partial charge < -0.3 is 10.8 Å². The van der Waals surface area contributed by atoms with E-state index < -0.39 is 0 Å². The van der Waals surface area contributed by atoms with E-state index in [9.17, 15) is 5.11 Å². The first-order valence-corrected chi connectivity index (χ1v) is 6.73. The van der Waals surface area contributed by atoms with Gasteiger partial charge in [0.05, 0.1) is 6.10 Å². The molecule has 0 unspecified atom stereocenters. The summed E-state index contributed by atoms with van der Waals surface area (Å²) in [6.07, 6.45) is 1.11. The molecule has 0 amide bonds. The van der Waals surface area contributed by atoms with Gasteiger partial charge >= 0.3 is 0 Å². The quantitative estimate of drug-likeness (QED) is 0.862. The van der Waals surface area contributed by atoms with Gasteiger partial charge in [-0.05, 0) is 36.5 Å². The molecule has 0 saturated heterocycles. The molecule has 0 spiro atoms. The largest absolute Gasteiger partial charge is 0.393 e. The lowest BCUT2D eigenvalue weighted by molar-refractivity contribution is 0.174. The molecular formula is C17H21NO. The van der Waals surface area contributed by atoms with Gasteiger partial charge in [-0.2, -0.15) is 0 Å². The second-order valence-corrected chi connectivity index (χ2v) is 5.11. The molecule has 0 radical (unpaired) electrons. The number of aliphatic hydroxyl groups is 1.